The number of likely N-dealkylation sites (N-methyl/N-ethyl adjacent to an activating group) is 1. The molecule has 0 spiro atoms. The van der Waals surface area contributed by atoms with Gasteiger partial charge in [0.1, 0.15) is 6.04 Å². The molecule has 1 aromatic rings. The molecule has 8 heteroatoms. The first-order valence-corrected chi connectivity index (χ1v) is 6.18. The second-order valence-electron chi connectivity index (χ2n) is 5.31. The SMILES string of the molecule is C[C@H](CNC(=O)c1nc(Cl)c(N)nc1N)[N+](C)(C)C. The van der Waals surface area contributed by atoms with E-state index in [0.717, 1.165) is 4.48 Å². The van der Waals surface area contributed by atoms with Crippen molar-refractivity contribution >= 4 is 29.1 Å². The van der Waals surface area contributed by atoms with Gasteiger partial charge in [0.2, 0.25) is 0 Å². The number of quaternary nitrogens is 1. The molecule has 0 aliphatic rings. The van der Waals surface area contributed by atoms with E-state index < -0.39 is 5.91 Å². The molecule has 106 valence electrons. The first-order chi connectivity index (χ1) is 8.62. The number of nitrogens with two attached hydrogens (primary N) is 2. The Bertz CT molecular complexity index is 485. The Kier molecular flexibility index (Phi) is 4.54. The van der Waals surface area contributed by atoms with Crippen LogP contribution in [0.5, 0.6) is 0 Å². The number of hydrogen-bond acceptors (Lipinski definition) is 5. The third-order valence-electron chi connectivity index (χ3n) is 3.00. The number of nitrogen functional groups attached to an aromatic ring is 2. The van der Waals surface area contributed by atoms with Crippen molar-refractivity contribution < 1.29 is 9.28 Å². The van der Waals surface area contributed by atoms with Crippen LogP contribution in [0, 0.1) is 0 Å². The van der Waals surface area contributed by atoms with E-state index in [1.54, 1.807) is 0 Å². The molecule has 0 saturated carbocycles. The molecule has 1 amide bonds. The Morgan fingerprint density at radius 1 is 1.32 bits per heavy atom. The van der Waals surface area contributed by atoms with Gasteiger partial charge in [-0.2, -0.15) is 0 Å². The van der Waals surface area contributed by atoms with Gasteiger partial charge < -0.3 is 21.3 Å². The molecule has 0 radical (unpaired) electrons. The average molecular weight is 288 g/mol. The summed E-state index contributed by atoms with van der Waals surface area (Å²) in [5, 5.41) is 2.73. The topological polar surface area (TPSA) is 107 Å². The smallest absolute Gasteiger partial charge is 0.274 e. The van der Waals surface area contributed by atoms with Crippen LogP contribution in [-0.2, 0) is 0 Å². The van der Waals surface area contributed by atoms with E-state index in [1.165, 1.54) is 0 Å². The molecule has 0 fully saturated rings. The summed E-state index contributed by atoms with van der Waals surface area (Å²) in [7, 11) is 6.14. The van der Waals surface area contributed by atoms with Crippen molar-refractivity contribution in [3.63, 3.8) is 0 Å². The van der Waals surface area contributed by atoms with Crippen molar-refractivity contribution in [3.8, 4) is 0 Å². The number of rotatable bonds is 4. The van der Waals surface area contributed by atoms with E-state index in [-0.39, 0.29) is 28.5 Å². The minimum absolute atomic E-state index is 0.00666. The van der Waals surface area contributed by atoms with Gasteiger partial charge in [0.05, 0.1) is 27.7 Å². The van der Waals surface area contributed by atoms with Crippen molar-refractivity contribution in [1.82, 2.24) is 15.3 Å². The number of halogens is 1. The Hall–Kier alpha value is -1.60. The minimum atomic E-state index is -0.410. The highest BCUT2D eigenvalue weighted by Crippen LogP contribution is 2.17. The number of nitrogens with zero attached hydrogens (tertiary/aromatic N) is 3. The fourth-order valence-corrected chi connectivity index (χ4v) is 1.33. The molecule has 19 heavy (non-hydrogen) atoms. The molecule has 0 unspecified atom stereocenters. The summed E-state index contributed by atoms with van der Waals surface area (Å²) >= 11 is 5.73. The first kappa shape index (κ1) is 15.5. The molecule has 0 aliphatic carbocycles. The van der Waals surface area contributed by atoms with E-state index in [4.69, 9.17) is 23.1 Å². The predicted molar refractivity (Wildman–Crippen MR) is 75.7 cm³/mol. The van der Waals surface area contributed by atoms with Crippen LogP contribution in [0.2, 0.25) is 5.15 Å². The lowest BCUT2D eigenvalue weighted by molar-refractivity contribution is -0.892. The number of carbonyl (C=O) groups is 1. The van der Waals surface area contributed by atoms with E-state index >= 15 is 0 Å². The normalized spacial score (nSPS) is 13.1. The second-order valence-corrected chi connectivity index (χ2v) is 5.67. The van der Waals surface area contributed by atoms with Crippen LogP contribution in [0.4, 0.5) is 11.6 Å². The highest BCUT2D eigenvalue weighted by molar-refractivity contribution is 6.31. The van der Waals surface area contributed by atoms with Gasteiger partial charge in [0, 0.05) is 0 Å². The lowest BCUT2D eigenvalue weighted by Crippen LogP contribution is -2.49. The van der Waals surface area contributed by atoms with Crippen LogP contribution < -0.4 is 16.8 Å². The lowest BCUT2D eigenvalue weighted by atomic mass is 10.2. The maximum Gasteiger partial charge on any atom is 0.274 e. The van der Waals surface area contributed by atoms with Crippen LogP contribution in [0.25, 0.3) is 0 Å². The summed E-state index contributed by atoms with van der Waals surface area (Å²) in [6.45, 7) is 2.52. The van der Waals surface area contributed by atoms with Crippen molar-refractivity contribution in [3.05, 3.63) is 10.8 Å². The Balaban J connectivity index is 2.77. The van der Waals surface area contributed by atoms with Gasteiger partial charge in [-0.3, -0.25) is 4.79 Å². The fourth-order valence-electron chi connectivity index (χ4n) is 1.21. The Morgan fingerprint density at radius 3 is 2.42 bits per heavy atom. The Labute approximate surface area is 117 Å². The van der Waals surface area contributed by atoms with E-state index in [0.29, 0.717) is 6.54 Å². The molecular formula is C11H20ClN6O+. The van der Waals surface area contributed by atoms with Crippen LogP contribution >= 0.6 is 11.6 Å². The van der Waals surface area contributed by atoms with Gasteiger partial charge in [0.25, 0.3) is 5.91 Å². The van der Waals surface area contributed by atoms with Crippen LogP contribution in [0.15, 0.2) is 0 Å². The maximum atomic E-state index is 12.0. The molecule has 0 saturated heterocycles. The third-order valence-corrected chi connectivity index (χ3v) is 3.28. The molecular weight excluding hydrogens is 268 g/mol. The number of aromatic nitrogens is 2. The summed E-state index contributed by atoms with van der Waals surface area (Å²) in [6, 6.07) is 0.238. The van der Waals surface area contributed by atoms with Crippen LogP contribution in [-0.4, -0.2) is 54.1 Å². The highest BCUT2D eigenvalue weighted by Gasteiger charge is 2.21. The standard InChI is InChI=1S/C11H19ClN6O/c1-6(18(2,3)4)5-15-11(19)7-9(13)17-10(14)8(12)16-7/h6H,5H2,1-4H3,(H4-,13,14,15,17,19)/p+1/t6-/m1/s1. The highest BCUT2D eigenvalue weighted by atomic mass is 35.5. The monoisotopic (exact) mass is 287 g/mol. The van der Waals surface area contributed by atoms with Gasteiger partial charge in [-0.25, -0.2) is 9.97 Å². The molecule has 5 N–H and O–H groups in total. The molecule has 7 nitrogen and oxygen atoms in total. The van der Waals surface area contributed by atoms with Crippen molar-refractivity contribution in [2.45, 2.75) is 13.0 Å². The van der Waals surface area contributed by atoms with Crippen LogP contribution in [0.3, 0.4) is 0 Å². The molecule has 1 atom stereocenters. The molecule has 1 aromatic heterocycles. The third kappa shape index (κ3) is 3.93. The minimum Gasteiger partial charge on any atom is -0.382 e. The van der Waals surface area contributed by atoms with E-state index in [9.17, 15) is 4.79 Å². The van der Waals surface area contributed by atoms with E-state index in [1.807, 2.05) is 28.1 Å². The number of carbonyl (C=O) groups excluding carboxylic acids is 1. The molecule has 0 aromatic carbocycles. The summed E-state index contributed by atoms with van der Waals surface area (Å²) in [5.41, 5.74) is 11.0. The summed E-state index contributed by atoms with van der Waals surface area (Å²) in [6.07, 6.45) is 0. The summed E-state index contributed by atoms with van der Waals surface area (Å²) in [5.74, 6) is -0.431. The maximum absolute atomic E-state index is 12.0. The second kappa shape index (κ2) is 5.58. The Morgan fingerprint density at radius 2 is 1.89 bits per heavy atom. The molecule has 1 rings (SSSR count). The van der Waals surface area contributed by atoms with Gasteiger partial charge in [-0.05, 0) is 6.92 Å². The largest absolute Gasteiger partial charge is 0.382 e. The predicted octanol–water partition coefficient (Wildman–Crippen LogP) is 0.119. The summed E-state index contributed by atoms with van der Waals surface area (Å²) < 4.78 is 0.726. The number of anilines is 2. The number of nitrogens with one attached hydrogen (secondary N) is 1. The van der Waals surface area contributed by atoms with Crippen molar-refractivity contribution in [2.75, 3.05) is 39.2 Å². The zero-order valence-corrected chi connectivity index (χ0v) is 12.3. The number of hydrogen-bond donors (Lipinski definition) is 3. The lowest BCUT2D eigenvalue weighted by Gasteiger charge is -2.31. The van der Waals surface area contributed by atoms with Gasteiger partial charge in [-0.15, -0.1) is 0 Å². The number of amides is 1. The molecule has 1 heterocycles. The fraction of sp³-hybridized carbons (Fsp3) is 0.545. The van der Waals surface area contributed by atoms with Crippen molar-refractivity contribution in [1.29, 1.82) is 0 Å². The van der Waals surface area contributed by atoms with E-state index in [2.05, 4.69) is 15.3 Å². The quantitative estimate of drug-likeness (QED) is 0.682. The molecule has 0 bridgehead atoms. The van der Waals surface area contributed by atoms with Crippen LogP contribution in [0.1, 0.15) is 17.4 Å². The average Bonchev–Trinajstić information content (AvgIpc) is 2.29. The van der Waals surface area contributed by atoms with Crippen molar-refractivity contribution in [2.24, 2.45) is 0 Å². The van der Waals surface area contributed by atoms with Gasteiger partial charge in [-0.1, -0.05) is 11.6 Å². The zero-order chi connectivity index (χ0) is 14.8. The summed E-state index contributed by atoms with van der Waals surface area (Å²) in [4.78, 5) is 19.6. The van der Waals surface area contributed by atoms with Gasteiger partial charge in [0.15, 0.2) is 22.5 Å². The van der Waals surface area contributed by atoms with Gasteiger partial charge >= 0.3 is 0 Å². The first-order valence-electron chi connectivity index (χ1n) is 5.80. The zero-order valence-electron chi connectivity index (χ0n) is 11.6. The molecule has 0 aliphatic heterocycles.